The van der Waals surface area contributed by atoms with E-state index in [1.807, 2.05) is 0 Å². The van der Waals surface area contributed by atoms with Crippen molar-refractivity contribution in [1.29, 1.82) is 0 Å². The first kappa shape index (κ1) is 27.5. The van der Waals surface area contributed by atoms with E-state index in [0.717, 1.165) is 24.6 Å². The van der Waals surface area contributed by atoms with Crippen molar-refractivity contribution in [2.75, 3.05) is 26.4 Å². The molecule has 0 aliphatic carbocycles. The molecule has 0 aromatic carbocycles. The third kappa shape index (κ3) is 14.5. The van der Waals surface area contributed by atoms with E-state index in [1.165, 1.54) is 0 Å². The molecule has 0 rings (SSSR count). The van der Waals surface area contributed by atoms with Gasteiger partial charge in [0, 0.05) is 5.57 Å². The van der Waals surface area contributed by atoms with Crippen molar-refractivity contribution in [2.45, 2.75) is 70.8 Å². The molecule has 0 aliphatic heterocycles. The van der Waals surface area contributed by atoms with E-state index in [0.29, 0.717) is 32.0 Å². The summed E-state index contributed by atoms with van der Waals surface area (Å²) in [5, 5.41) is 0. The Balaban J connectivity index is 4.27. The Kier molecular flexibility index (Phi) is 12.7. The van der Waals surface area contributed by atoms with E-state index < -0.39 is 25.0 Å². The molecule has 0 heterocycles. The third-order valence-corrected chi connectivity index (χ3v) is 14.7. The van der Waals surface area contributed by atoms with Crippen molar-refractivity contribution < 1.29 is 22.8 Å². The van der Waals surface area contributed by atoms with Crippen molar-refractivity contribution in [3.05, 3.63) is 24.8 Å². The van der Waals surface area contributed by atoms with Crippen molar-refractivity contribution in [3.8, 4) is 0 Å². The first-order chi connectivity index (χ1) is 12.8. The molecular formula is C20H42O5Si3. The number of carbonyl (C=O) groups excluding carboxylic acids is 1. The van der Waals surface area contributed by atoms with Gasteiger partial charge in [-0.3, -0.25) is 0 Å². The largest absolute Gasteiger partial charge is 0.462 e. The first-order valence-electron chi connectivity index (χ1n) is 10.2. The maximum absolute atomic E-state index is 11.4. The van der Waals surface area contributed by atoms with Gasteiger partial charge in [0.15, 0.2) is 25.0 Å². The zero-order valence-electron chi connectivity index (χ0n) is 19.2. The van der Waals surface area contributed by atoms with Crippen LogP contribution in [0.3, 0.4) is 0 Å². The first-order valence-corrected chi connectivity index (χ1v) is 19.5. The normalized spacial score (nSPS) is 12.7. The molecule has 0 bridgehead atoms. The minimum atomic E-state index is -1.78. The average Bonchev–Trinajstić information content (AvgIpc) is 2.56. The number of esters is 1. The summed E-state index contributed by atoms with van der Waals surface area (Å²) >= 11 is 0. The van der Waals surface area contributed by atoms with Crippen LogP contribution < -0.4 is 0 Å². The summed E-state index contributed by atoms with van der Waals surface area (Å²) in [5.41, 5.74) is 0.447. The van der Waals surface area contributed by atoms with Crippen LogP contribution in [0.4, 0.5) is 0 Å². The maximum atomic E-state index is 11.4. The fourth-order valence-electron chi connectivity index (χ4n) is 2.85. The molecule has 0 radical (unpaired) electrons. The Morgan fingerprint density at radius 2 is 1.46 bits per heavy atom. The lowest BCUT2D eigenvalue weighted by atomic mass is 10.4. The van der Waals surface area contributed by atoms with Crippen LogP contribution >= 0.6 is 0 Å². The highest BCUT2D eigenvalue weighted by Crippen LogP contribution is 2.27. The molecule has 0 aliphatic rings. The molecule has 0 amide bonds. The minimum absolute atomic E-state index is 0.308. The van der Waals surface area contributed by atoms with Crippen LogP contribution in [0.15, 0.2) is 24.8 Å². The predicted molar refractivity (Wildman–Crippen MR) is 125 cm³/mol. The van der Waals surface area contributed by atoms with Gasteiger partial charge in [0.1, 0.15) is 0 Å². The molecule has 0 spiro atoms. The molecule has 28 heavy (non-hydrogen) atoms. The summed E-state index contributed by atoms with van der Waals surface area (Å²) in [4.78, 5) is 11.4. The van der Waals surface area contributed by atoms with Crippen LogP contribution in [0.2, 0.25) is 57.4 Å². The van der Waals surface area contributed by atoms with Gasteiger partial charge in [-0.25, -0.2) is 4.79 Å². The van der Waals surface area contributed by atoms with Crippen LogP contribution in [-0.4, -0.2) is 57.3 Å². The van der Waals surface area contributed by atoms with Crippen LogP contribution in [0.25, 0.3) is 0 Å². The molecular weight excluding hydrogens is 404 g/mol. The smallest absolute Gasteiger partial charge is 0.333 e. The molecule has 0 saturated heterocycles. The van der Waals surface area contributed by atoms with E-state index >= 15 is 0 Å². The molecule has 0 unspecified atom stereocenters. The number of hydrogen-bond acceptors (Lipinski definition) is 5. The molecule has 0 atom stereocenters. The highest BCUT2D eigenvalue weighted by atomic mass is 28.4. The SMILES string of the molecule is C=CCOCCO[Si](C)(C)CC[Si](C)(C)O[Si](C)(C)CCCOC(=O)C(=C)C. The Morgan fingerprint density at radius 1 is 0.893 bits per heavy atom. The molecule has 0 aromatic heterocycles. The lowest BCUT2D eigenvalue weighted by Gasteiger charge is -2.35. The summed E-state index contributed by atoms with van der Waals surface area (Å²) in [5.74, 6) is -0.308. The summed E-state index contributed by atoms with van der Waals surface area (Å²) in [6.07, 6.45) is 2.60. The summed E-state index contributed by atoms with van der Waals surface area (Å²) in [7, 11) is -5.24. The highest BCUT2D eigenvalue weighted by molar-refractivity contribution is 6.85. The maximum Gasteiger partial charge on any atom is 0.333 e. The van der Waals surface area contributed by atoms with Gasteiger partial charge >= 0.3 is 5.97 Å². The molecule has 0 aromatic rings. The predicted octanol–water partition coefficient (Wildman–Crippen LogP) is 5.35. The molecule has 164 valence electrons. The monoisotopic (exact) mass is 446 g/mol. The van der Waals surface area contributed by atoms with Crippen molar-refractivity contribution in [3.63, 3.8) is 0 Å². The Labute approximate surface area is 175 Å². The second-order valence-electron chi connectivity index (χ2n) is 9.11. The van der Waals surface area contributed by atoms with Gasteiger partial charge in [0.05, 0.1) is 26.4 Å². The summed E-state index contributed by atoms with van der Waals surface area (Å²) in [6, 6.07) is 3.21. The average molecular weight is 447 g/mol. The highest BCUT2D eigenvalue weighted by Gasteiger charge is 2.35. The van der Waals surface area contributed by atoms with Crippen molar-refractivity contribution in [2.24, 2.45) is 0 Å². The van der Waals surface area contributed by atoms with Gasteiger partial charge in [0.25, 0.3) is 0 Å². The molecule has 8 heteroatoms. The van der Waals surface area contributed by atoms with E-state index in [4.69, 9.17) is 18.0 Å². The van der Waals surface area contributed by atoms with Crippen molar-refractivity contribution >= 4 is 30.9 Å². The lowest BCUT2D eigenvalue weighted by molar-refractivity contribution is -0.138. The zero-order chi connectivity index (χ0) is 21.8. The number of ether oxygens (including phenoxy) is 2. The summed E-state index contributed by atoms with van der Waals surface area (Å²) < 4.78 is 23.4. The van der Waals surface area contributed by atoms with Gasteiger partial charge in [0.2, 0.25) is 0 Å². The van der Waals surface area contributed by atoms with Crippen LogP contribution in [0, 0.1) is 0 Å². The van der Waals surface area contributed by atoms with Gasteiger partial charge in [-0.05, 0) is 70.8 Å². The second-order valence-corrected chi connectivity index (χ2v) is 22.3. The Morgan fingerprint density at radius 3 is 2.04 bits per heavy atom. The van der Waals surface area contributed by atoms with E-state index in [2.05, 4.69) is 52.4 Å². The fourth-order valence-corrected chi connectivity index (χ4v) is 16.2. The second kappa shape index (κ2) is 12.9. The topological polar surface area (TPSA) is 54.0 Å². The summed E-state index contributed by atoms with van der Waals surface area (Å²) in [6.45, 7) is 24.9. The zero-order valence-corrected chi connectivity index (χ0v) is 22.2. The molecule has 0 N–H and O–H groups in total. The lowest BCUT2D eigenvalue weighted by Crippen LogP contribution is -2.45. The third-order valence-electron chi connectivity index (χ3n) is 4.34. The number of rotatable bonds is 16. The van der Waals surface area contributed by atoms with Gasteiger partial charge in [-0.1, -0.05) is 12.7 Å². The van der Waals surface area contributed by atoms with Gasteiger partial charge in [-0.15, -0.1) is 6.58 Å². The fraction of sp³-hybridized carbons (Fsp3) is 0.750. The quantitative estimate of drug-likeness (QED) is 0.105. The van der Waals surface area contributed by atoms with E-state index in [-0.39, 0.29) is 5.97 Å². The van der Waals surface area contributed by atoms with Gasteiger partial charge < -0.3 is 18.0 Å². The van der Waals surface area contributed by atoms with E-state index in [1.54, 1.807) is 13.0 Å². The molecule has 5 nitrogen and oxygen atoms in total. The van der Waals surface area contributed by atoms with Crippen LogP contribution in [0.1, 0.15) is 13.3 Å². The Hall–Kier alpha value is -0.519. The Bertz CT molecular complexity index is 504. The number of hydrogen-bond donors (Lipinski definition) is 0. The van der Waals surface area contributed by atoms with Crippen LogP contribution in [-0.2, 0) is 22.8 Å². The molecule has 0 fully saturated rings. The van der Waals surface area contributed by atoms with Gasteiger partial charge in [-0.2, -0.15) is 0 Å². The van der Waals surface area contributed by atoms with E-state index in [9.17, 15) is 4.79 Å². The van der Waals surface area contributed by atoms with Crippen LogP contribution in [0.5, 0.6) is 0 Å². The number of carbonyl (C=O) groups is 1. The minimum Gasteiger partial charge on any atom is -0.462 e. The molecule has 0 saturated carbocycles. The standard InChI is InChI=1S/C20H42O5Si3/c1-10-12-22-14-15-24-26(4,5)17-18-28(8,9)25-27(6,7)16-11-13-23-20(21)19(2)3/h10H,1-2,11-18H2,3-9H3. The van der Waals surface area contributed by atoms with Crippen molar-refractivity contribution in [1.82, 2.24) is 0 Å².